The number of methoxy groups -OCH3 is 2. The van der Waals surface area contributed by atoms with Crippen molar-refractivity contribution >= 4 is 22.8 Å². The van der Waals surface area contributed by atoms with Crippen LogP contribution in [0.2, 0.25) is 0 Å². The maximum Gasteiger partial charge on any atom is 0.354 e. The van der Waals surface area contributed by atoms with Crippen molar-refractivity contribution in [1.82, 2.24) is 4.98 Å². The fraction of sp³-hybridized carbons (Fsp3) is 0.375. The molecule has 1 N–H and O–H groups in total. The Hall–Kier alpha value is -2.30. The lowest BCUT2D eigenvalue weighted by atomic mass is 10.00. The third-order valence-corrected chi connectivity index (χ3v) is 3.67. The molecule has 0 saturated carbocycles. The molecular formula is C16H19NO4. The van der Waals surface area contributed by atoms with Crippen LogP contribution in [0, 0.1) is 13.8 Å². The SMILES string of the molecule is COC(=O)CCc1c(C(=O)OC)[nH]c2c(C)ccc(C)c12. The summed E-state index contributed by atoms with van der Waals surface area (Å²) in [5.74, 6) is -0.727. The van der Waals surface area contributed by atoms with E-state index in [1.165, 1.54) is 14.2 Å². The Bertz CT molecular complexity index is 700. The molecule has 0 bridgehead atoms. The summed E-state index contributed by atoms with van der Waals surface area (Å²) in [6, 6.07) is 4.01. The van der Waals surface area contributed by atoms with Gasteiger partial charge in [-0.1, -0.05) is 12.1 Å². The van der Waals surface area contributed by atoms with Crippen LogP contribution in [0.5, 0.6) is 0 Å². The molecule has 0 saturated heterocycles. The highest BCUT2D eigenvalue weighted by Crippen LogP contribution is 2.29. The third-order valence-electron chi connectivity index (χ3n) is 3.67. The summed E-state index contributed by atoms with van der Waals surface area (Å²) < 4.78 is 9.51. The number of H-pyrrole nitrogens is 1. The number of nitrogens with one attached hydrogen (secondary N) is 1. The molecule has 0 fully saturated rings. The van der Waals surface area contributed by atoms with Gasteiger partial charge in [-0.3, -0.25) is 4.79 Å². The Morgan fingerprint density at radius 1 is 1.10 bits per heavy atom. The second kappa shape index (κ2) is 5.99. The van der Waals surface area contributed by atoms with E-state index >= 15 is 0 Å². The van der Waals surface area contributed by atoms with Crippen LogP contribution in [0.25, 0.3) is 10.9 Å². The minimum absolute atomic E-state index is 0.223. The Labute approximate surface area is 123 Å². The van der Waals surface area contributed by atoms with Gasteiger partial charge >= 0.3 is 11.9 Å². The summed E-state index contributed by atoms with van der Waals surface area (Å²) in [6.45, 7) is 3.96. The molecule has 0 radical (unpaired) electrons. The van der Waals surface area contributed by atoms with E-state index in [2.05, 4.69) is 9.72 Å². The average molecular weight is 289 g/mol. The number of aryl methyl sites for hydroxylation is 3. The second-order valence-corrected chi connectivity index (χ2v) is 5.00. The van der Waals surface area contributed by atoms with Crippen LogP contribution in [-0.2, 0) is 20.7 Å². The van der Waals surface area contributed by atoms with Crippen molar-refractivity contribution in [2.75, 3.05) is 14.2 Å². The monoisotopic (exact) mass is 289 g/mol. The number of ether oxygens (including phenoxy) is 2. The number of carbonyl (C=O) groups is 2. The van der Waals surface area contributed by atoms with Gasteiger partial charge < -0.3 is 14.5 Å². The molecule has 0 aliphatic heterocycles. The van der Waals surface area contributed by atoms with E-state index in [1.54, 1.807) is 0 Å². The molecule has 5 heteroatoms. The van der Waals surface area contributed by atoms with Gasteiger partial charge in [0.25, 0.3) is 0 Å². The first-order valence-corrected chi connectivity index (χ1v) is 6.75. The van der Waals surface area contributed by atoms with Crippen LogP contribution in [0.15, 0.2) is 12.1 Å². The van der Waals surface area contributed by atoms with Gasteiger partial charge in [0.1, 0.15) is 5.69 Å². The quantitative estimate of drug-likeness (QED) is 0.879. The smallest absolute Gasteiger partial charge is 0.354 e. The number of aromatic nitrogens is 1. The lowest BCUT2D eigenvalue weighted by molar-refractivity contribution is -0.140. The fourth-order valence-electron chi connectivity index (χ4n) is 2.54. The molecule has 0 atom stereocenters. The molecule has 0 spiro atoms. The lowest BCUT2D eigenvalue weighted by Gasteiger charge is -2.05. The van der Waals surface area contributed by atoms with Crippen molar-refractivity contribution < 1.29 is 19.1 Å². The van der Waals surface area contributed by atoms with Gasteiger partial charge in [-0.2, -0.15) is 0 Å². The van der Waals surface area contributed by atoms with E-state index in [0.717, 1.165) is 27.6 Å². The average Bonchev–Trinajstić information content (AvgIpc) is 2.88. The molecule has 0 aliphatic rings. The zero-order valence-corrected chi connectivity index (χ0v) is 12.7. The standard InChI is InChI=1S/C16H19NO4/c1-9-5-6-10(2)14-13(9)11(7-8-12(18)20-3)15(17-14)16(19)21-4/h5-6,17H,7-8H2,1-4H3. The Balaban J connectivity index is 2.60. The molecular weight excluding hydrogens is 270 g/mol. The molecule has 1 heterocycles. The van der Waals surface area contributed by atoms with Crippen molar-refractivity contribution in [3.63, 3.8) is 0 Å². The van der Waals surface area contributed by atoms with Crippen LogP contribution < -0.4 is 0 Å². The van der Waals surface area contributed by atoms with Crippen molar-refractivity contribution in [3.8, 4) is 0 Å². The molecule has 1 aromatic carbocycles. The number of fused-ring (bicyclic) bond motifs is 1. The van der Waals surface area contributed by atoms with Gasteiger partial charge in [-0.25, -0.2) is 4.79 Å². The summed E-state index contributed by atoms with van der Waals surface area (Å²) in [7, 11) is 2.70. The van der Waals surface area contributed by atoms with Crippen molar-refractivity contribution in [2.24, 2.45) is 0 Å². The van der Waals surface area contributed by atoms with E-state index in [9.17, 15) is 9.59 Å². The highest BCUT2D eigenvalue weighted by Gasteiger charge is 2.21. The first-order valence-electron chi connectivity index (χ1n) is 6.75. The second-order valence-electron chi connectivity index (χ2n) is 5.00. The number of benzene rings is 1. The fourth-order valence-corrected chi connectivity index (χ4v) is 2.54. The van der Waals surface area contributed by atoms with Crippen LogP contribution in [-0.4, -0.2) is 31.1 Å². The summed E-state index contributed by atoms with van der Waals surface area (Å²) in [6.07, 6.45) is 0.655. The normalized spacial score (nSPS) is 10.7. The molecule has 5 nitrogen and oxygen atoms in total. The Morgan fingerprint density at radius 2 is 1.76 bits per heavy atom. The third kappa shape index (κ3) is 2.77. The molecule has 2 rings (SSSR count). The van der Waals surface area contributed by atoms with E-state index in [1.807, 2.05) is 26.0 Å². The molecule has 2 aromatic rings. The minimum Gasteiger partial charge on any atom is -0.469 e. The predicted octanol–water partition coefficient (Wildman–Crippen LogP) is 2.68. The zero-order chi connectivity index (χ0) is 15.6. The molecule has 0 aliphatic carbocycles. The van der Waals surface area contributed by atoms with Gasteiger partial charge in [0.15, 0.2) is 0 Å². The predicted molar refractivity (Wildman–Crippen MR) is 79.4 cm³/mol. The zero-order valence-electron chi connectivity index (χ0n) is 12.7. The van der Waals surface area contributed by atoms with E-state index in [4.69, 9.17) is 4.74 Å². The lowest BCUT2D eigenvalue weighted by Crippen LogP contribution is -2.08. The van der Waals surface area contributed by atoms with Crippen molar-refractivity contribution in [1.29, 1.82) is 0 Å². The van der Waals surface area contributed by atoms with Gasteiger partial charge in [0.2, 0.25) is 0 Å². The molecule has 21 heavy (non-hydrogen) atoms. The van der Waals surface area contributed by atoms with Crippen molar-refractivity contribution in [2.45, 2.75) is 26.7 Å². The Morgan fingerprint density at radius 3 is 2.38 bits per heavy atom. The largest absolute Gasteiger partial charge is 0.469 e. The summed E-state index contributed by atoms with van der Waals surface area (Å²) in [5, 5.41) is 0.985. The first-order chi connectivity index (χ1) is 9.99. The van der Waals surface area contributed by atoms with Gasteiger partial charge in [0.05, 0.1) is 14.2 Å². The molecule has 112 valence electrons. The number of esters is 2. The van der Waals surface area contributed by atoms with Crippen LogP contribution in [0.4, 0.5) is 0 Å². The maximum absolute atomic E-state index is 12.0. The first kappa shape index (κ1) is 15.1. The highest BCUT2D eigenvalue weighted by molar-refractivity contribution is 6.00. The summed E-state index contributed by atoms with van der Waals surface area (Å²) in [5.41, 5.74) is 4.24. The van der Waals surface area contributed by atoms with E-state index < -0.39 is 5.97 Å². The van der Waals surface area contributed by atoms with Crippen LogP contribution in [0.3, 0.4) is 0 Å². The highest BCUT2D eigenvalue weighted by atomic mass is 16.5. The topological polar surface area (TPSA) is 68.4 Å². The van der Waals surface area contributed by atoms with E-state index in [-0.39, 0.29) is 12.4 Å². The number of carbonyl (C=O) groups excluding carboxylic acids is 2. The number of hydrogen-bond donors (Lipinski definition) is 1. The maximum atomic E-state index is 12.0. The molecule has 0 amide bonds. The van der Waals surface area contributed by atoms with Crippen LogP contribution >= 0.6 is 0 Å². The van der Waals surface area contributed by atoms with Crippen LogP contribution in [0.1, 0.15) is 33.6 Å². The minimum atomic E-state index is -0.426. The van der Waals surface area contributed by atoms with Crippen molar-refractivity contribution in [3.05, 3.63) is 34.5 Å². The summed E-state index contributed by atoms with van der Waals surface area (Å²) >= 11 is 0. The van der Waals surface area contributed by atoms with Gasteiger partial charge in [0, 0.05) is 17.3 Å². The van der Waals surface area contributed by atoms with Gasteiger partial charge in [-0.15, -0.1) is 0 Å². The molecule has 1 aromatic heterocycles. The molecule has 0 unspecified atom stereocenters. The Kier molecular flexibility index (Phi) is 4.31. The number of hydrogen-bond acceptors (Lipinski definition) is 4. The summed E-state index contributed by atoms with van der Waals surface area (Å²) in [4.78, 5) is 26.5. The number of aromatic amines is 1. The number of rotatable bonds is 4. The van der Waals surface area contributed by atoms with E-state index in [0.29, 0.717) is 12.1 Å². The van der Waals surface area contributed by atoms with Gasteiger partial charge in [-0.05, 0) is 37.0 Å².